The molecule has 2 aliphatic heterocycles. The Morgan fingerprint density at radius 3 is 2.77 bits per heavy atom. The second-order valence-electron chi connectivity index (χ2n) is 7.90. The van der Waals surface area contributed by atoms with Gasteiger partial charge in [0.25, 0.3) is 5.69 Å². The number of benzene rings is 2. The summed E-state index contributed by atoms with van der Waals surface area (Å²) in [5.74, 6) is 0.548. The van der Waals surface area contributed by atoms with Gasteiger partial charge in [0.15, 0.2) is 0 Å². The minimum atomic E-state index is -0.360. The van der Waals surface area contributed by atoms with Crippen LogP contribution in [0.5, 0.6) is 0 Å². The van der Waals surface area contributed by atoms with Crippen molar-refractivity contribution in [1.82, 2.24) is 9.88 Å². The summed E-state index contributed by atoms with van der Waals surface area (Å²) in [5.41, 5.74) is 3.95. The second kappa shape index (κ2) is 7.40. The van der Waals surface area contributed by atoms with Crippen LogP contribution in [-0.4, -0.2) is 40.3 Å². The fourth-order valence-electron chi connectivity index (χ4n) is 4.74. The van der Waals surface area contributed by atoms with Crippen LogP contribution >= 0.6 is 0 Å². The van der Waals surface area contributed by atoms with Gasteiger partial charge >= 0.3 is 0 Å². The molecule has 7 nitrogen and oxygen atoms in total. The van der Waals surface area contributed by atoms with Gasteiger partial charge in [-0.3, -0.25) is 19.9 Å². The molecule has 0 radical (unpaired) electrons. The summed E-state index contributed by atoms with van der Waals surface area (Å²) in [4.78, 5) is 31.8. The molecule has 2 aliphatic rings. The normalized spacial score (nSPS) is 18.3. The number of likely N-dealkylation sites (tertiary alicyclic amines) is 1. The monoisotopic (exact) mass is 402 g/mol. The van der Waals surface area contributed by atoms with E-state index in [0.29, 0.717) is 23.2 Å². The maximum atomic E-state index is 12.0. The SMILES string of the molecule is O=C1CCCN1CCC1CN(c2ccc([N+](=O)[O-])c3cccnc23)c2ccccc21. The molecule has 152 valence electrons. The lowest BCUT2D eigenvalue weighted by atomic mass is 9.98. The summed E-state index contributed by atoms with van der Waals surface area (Å²) in [6.07, 6.45) is 4.19. The van der Waals surface area contributed by atoms with Crippen LogP contribution in [0.1, 0.15) is 30.7 Å². The molecule has 0 spiro atoms. The van der Waals surface area contributed by atoms with Crippen LogP contribution in [0, 0.1) is 10.1 Å². The lowest BCUT2D eigenvalue weighted by Gasteiger charge is -2.22. The van der Waals surface area contributed by atoms with Crippen molar-refractivity contribution in [1.29, 1.82) is 0 Å². The third-order valence-corrected chi connectivity index (χ3v) is 6.20. The van der Waals surface area contributed by atoms with Crippen LogP contribution in [0.2, 0.25) is 0 Å². The summed E-state index contributed by atoms with van der Waals surface area (Å²) in [6.45, 7) is 2.39. The van der Waals surface area contributed by atoms with Gasteiger partial charge in [0.1, 0.15) is 5.52 Å². The van der Waals surface area contributed by atoms with E-state index in [1.807, 2.05) is 17.0 Å². The minimum Gasteiger partial charge on any atom is -0.343 e. The van der Waals surface area contributed by atoms with Gasteiger partial charge < -0.3 is 9.80 Å². The van der Waals surface area contributed by atoms with Gasteiger partial charge in [-0.15, -0.1) is 0 Å². The number of pyridine rings is 1. The number of non-ortho nitro benzene ring substituents is 1. The molecule has 0 bridgehead atoms. The highest BCUT2D eigenvalue weighted by Gasteiger charge is 2.32. The zero-order valence-electron chi connectivity index (χ0n) is 16.5. The number of hydrogen-bond acceptors (Lipinski definition) is 5. The molecule has 0 aliphatic carbocycles. The molecule has 5 rings (SSSR count). The lowest BCUT2D eigenvalue weighted by Crippen LogP contribution is -2.27. The first-order chi connectivity index (χ1) is 14.6. The van der Waals surface area contributed by atoms with E-state index >= 15 is 0 Å². The third kappa shape index (κ3) is 3.07. The first-order valence-corrected chi connectivity index (χ1v) is 10.3. The van der Waals surface area contributed by atoms with Crippen LogP contribution in [0.15, 0.2) is 54.7 Å². The van der Waals surface area contributed by atoms with Crippen molar-refractivity contribution >= 4 is 33.9 Å². The molecule has 0 saturated carbocycles. The highest BCUT2D eigenvalue weighted by atomic mass is 16.6. The Morgan fingerprint density at radius 2 is 1.97 bits per heavy atom. The summed E-state index contributed by atoms with van der Waals surface area (Å²) in [5, 5.41) is 12.0. The van der Waals surface area contributed by atoms with Crippen molar-refractivity contribution < 1.29 is 9.72 Å². The largest absolute Gasteiger partial charge is 0.343 e. The second-order valence-corrected chi connectivity index (χ2v) is 7.90. The number of hydrogen-bond donors (Lipinski definition) is 0. The fraction of sp³-hybridized carbons (Fsp3) is 0.304. The predicted molar refractivity (Wildman–Crippen MR) is 115 cm³/mol. The van der Waals surface area contributed by atoms with Crippen molar-refractivity contribution in [3.05, 3.63) is 70.4 Å². The van der Waals surface area contributed by atoms with Crippen molar-refractivity contribution in [3.63, 3.8) is 0 Å². The van der Waals surface area contributed by atoms with E-state index in [2.05, 4.69) is 22.0 Å². The summed E-state index contributed by atoms with van der Waals surface area (Å²) in [6, 6.07) is 15.1. The molecule has 1 atom stereocenters. The van der Waals surface area contributed by atoms with E-state index < -0.39 is 0 Å². The Balaban J connectivity index is 1.50. The smallest absolute Gasteiger partial charge is 0.278 e. The number of fused-ring (bicyclic) bond motifs is 2. The molecule has 2 aromatic carbocycles. The topological polar surface area (TPSA) is 79.6 Å². The van der Waals surface area contributed by atoms with Gasteiger partial charge in [0.2, 0.25) is 5.91 Å². The standard InChI is InChI=1S/C23H22N4O3/c28-22-8-4-13-25(22)14-11-16-15-26(19-7-2-1-5-17(16)19)21-10-9-20(27(29)30)18-6-3-12-24-23(18)21/h1-3,5-7,9-10,12,16H,4,8,11,13-15H2. The number of carbonyl (C=O) groups is 1. The molecule has 1 fully saturated rings. The van der Waals surface area contributed by atoms with E-state index in [9.17, 15) is 14.9 Å². The zero-order valence-corrected chi connectivity index (χ0v) is 16.5. The lowest BCUT2D eigenvalue weighted by molar-refractivity contribution is -0.383. The Bertz CT molecular complexity index is 1150. The number of nitrogens with zero attached hydrogens (tertiary/aromatic N) is 4. The zero-order chi connectivity index (χ0) is 20.7. The number of rotatable bonds is 5. The number of para-hydroxylation sites is 1. The Kier molecular flexibility index (Phi) is 4.58. The highest BCUT2D eigenvalue weighted by molar-refractivity contribution is 5.99. The molecule has 0 N–H and O–H groups in total. The number of aromatic nitrogens is 1. The Morgan fingerprint density at radius 1 is 1.10 bits per heavy atom. The van der Waals surface area contributed by atoms with Gasteiger partial charge in [-0.2, -0.15) is 0 Å². The number of anilines is 2. The average molecular weight is 402 g/mol. The molecule has 1 amide bonds. The number of carbonyl (C=O) groups excluding carboxylic acids is 1. The average Bonchev–Trinajstić information content (AvgIpc) is 3.34. The maximum Gasteiger partial charge on any atom is 0.278 e. The van der Waals surface area contributed by atoms with Crippen molar-refractivity contribution in [2.45, 2.75) is 25.2 Å². The van der Waals surface area contributed by atoms with Gasteiger partial charge in [0.05, 0.1) is 16.0 Å². The molecule has 1 aromatic heterocycles. The molecule has 7 heteroatoms. The van der Waals surface area contributed by atoms with Gasteiger partial charge in [-0.25, -0.2) is 0 Å². The number of nitro benzene ring substituents is 1. The van der Waals surface area contributed by atoms with Crippen LogP contribution < -0.4 is 4.90 Å². The van der Waals surface area contributed by atoms with Gasteiger partial charge in [-0.05, 0) is 42.7 Å². The fourth-order valence-corrected chi connectivity index (χ4v) is 4.74. The van der Waals surface area contributed by atoms with E-state index in [1.165, 1.54) is 5.56 Å². The predicted octanol–water partition coefficient (Wildman–Crippen LogP) is 4.39. The molecular formula is C23H22N4O3. The summed E-state index contributed by atoms with van der Waals surface area (Å²) < 4.78 is 0. The van der Waals surface area contributed by atoms with E-state index in [0.717, 1.165) is 43.9 Å². The molecule has 3 heterocycles. The molecule has 30 heavy (non-hydrogen) atoms. The molecule has 1 unspecified atom stereocenters. The van der Waals surface area contributed by atoms with Crippen molar-refractivity contribution in [2.75, 3.05) is 24.5 Å². The Labute approximate surface area is 174 Å². The molecular weight excluding hydrogens is 380 g/mol. The van der Waals surface area contributed by atoms with E-state index in [4.69, 9.17) is 0 Å². The highest BCUT2D eigenvalue weighted by Crippen LogP contribution is 2.45. The Hall–Kier alpha value is -3.48. The molecule has 3 aromatic rings. The number of nitro groups is 1. The summed E-state index contributed by atoms with van der Waals surface area (Å²) in [7, 11) is 0. The van der Waals surface area contributed by atoms with Gasteiger partial charge in [-0.1, -0.05) is 18.2 Å². The molecule has 1 saturated heterocycles. The van der Waals surface area contributed by atoms with Crippen LogP contribution in [-0.2, 0) is 4.79 Å². The van der Waals surface area contributed by atoms with Crippen LogP contribution in [0.3, 0.4) is 0 Å². The van der Waals surface area contributed by atoms with Gasteiger partial charge in [0, 0.05) is 49.9 Å². The minimum absolute atomic E-state index is 0.0680. The van der Waals surface area contributed by atoms with Crippen LogP contribution in [0.25, 0.3) is 10.9 Å². The first-order valence-electron chi connectivity index (χ1n) is 10.3. The maximum absolute atomic E-state index is 12.0. The van der Waals surface area contributed by atoms with Crippen molar-refractivity contribution in [2.24, 2.45) is 0 Å². The van der Waals surface area contributed by atoms with Crippen LogP contribution in [0.4, 0.5) is 17.1 Å². The van der Waals surface area contributed by atoms with Crippen molar-refractivity contribution in [3.8, 4) is 0 Å². The van der Waals surface area contributed by atoms with E-state index in [1.54, 1.807) is 30.5 Å². The number of amides is 1. The quantitative estimate of drug-likeness (QED) is 0.467. The van der Waals surface area contributed by atoms with E-state index in [-0.39, 0.29) is 16.5 Å². The first kappa shape index (κ1) is 18.5. The summed E-state index contributed by atoms with van der Waals surface area (Å²) >= 11 is 0. The third-order valence-electron chi connectivity index (χ3n) is 6.20.